The molecule has 128 valence electrons. The van der Waals surface area contributed by atoms with Gasteiger partial charge in [0.2, 0.25) is 5.82 Å². The molecule has 0 radical (unpaired) electrons. The first-order valence-electron chi connectivity index (χ1n) is 5.85. The van der Waals surface area contributed by atoms with Crippen molar-refractivity contribution >= 4 is 11.9 Å². The zero-order chi connectivity index (χ0) is 18.6. The fourth-order valence-corrected chi connectivity index (χ4v) is 1.40. The Kier molecular flexibility index (Phi) is 5.82. The molecule has 2 rings (SSSR count). The summed E-state index contributed by atoms with van der Waals surface area (Å²) in [5.74, 6) is -12.0. The van der Waals surface area contributed by atoms with Crippen LogP contribution in [0.25, 0.3) is 0 Å². The second-order valence-electron chi connectivity index (χ2n) is 4.09. The van der Waals surface area contributed by atoms with Crippen LogP contribution in [-0.4, -0.2) is 27.3 Å². The number of hydrogen-bond acceptors (Lipinski definition) is 3. The second-order valence-corrected chi connectivity index (χ2v) is 4.09. The summed E-state index contributed by atoms with van der Waals surface area (Å²) in [7, 11) is 0. The topological polar surface area (TPSA) is 94.8 Å². The lowest BCUT2D eigenvalue weighted by Crippen LogP contribution is -2.04. The SMILES string of the molecule is O=C(O)c1ccc(F)c(F)c1F.O=C(O)c1ccc(F)c(F)c1O. The third-order valence-electron chi connectivity index (χ3n) is 2.57. The Morgan fingerprint density at radius 2 is 1.08 bits per heavy atom. The van der Waals surface area contributed by atoms with Gasteiger partial charge >= 0.3 is 11.9 Å². The highest BCUT2D eigenvalue weighted by molar-refractivity contribution is 5.90. The van der Waals surface area contributed by atoms with Gasteiger partial charge in [-0.05, 0) is 24.3 Å². The van der Waals surface area contributed by atoms with Crippen LogP contribution in [0.3, 0.4) is 0 Å². The number of rotatable bonds is 2. The van der Waals surface area contributed by atoms with E-state index in [2.05, 4.69) is 0 Å². The Bertz CT molecular complexity index is 739. The van der Waals surface area contributed by atoms with Gasteiger partial charge in [-0.25, -0.2) is 27.2 Å². The number of hydrogen-bond donors (Lipinski definition) is 3. The van der Waals surface area contributed by atoms with Crippen LogP contribution in [0.2, 0.25) is 0 Å². The van der Waals surface area contributed by atoms with Crippen molar-refractivity contribution in [3.63, 3.8) is 0 Å². The largest absolute Gasteiger partial charge is 0.504 e. The monoisotopic (exact) mass is 350 g/mol. The molecule has 0 atom stereocenters. The van der Waals surface area contributed by atoms with E-state index in [0.29, 0.717) is 18.2 Å². The van der Waals surface area contributed by atoms with Gasteiger partial charge in [-0.15, -0.1) is 0 Å². The normalized spacial score (nSPS) is 9.88. The molecule has 0 aliphatic carbocycles. The Labute approximate surface area is 130 Å². The molecule has 0 bridgehead atoms. The van der Waals surface area contributed by atoms with Crippen LogP contribution < -0.4 is 0 Å². The van der Waals surface area contributed by atoms with Crippen LogP contribution in [0.5, 0.6) is 5.75 Å². The minimum Gasteiger partial charge on any atom is -0.504 e. The summed E-state index contributed by atoms with van der Waals surface area (Å²) in [4.78, 5) is 20.4. The van der Waals surface area contributed by atoms with Crippen molar-refractivity contribution in [1.29, 1.82) is 0 Å². The van der Waals surface area contributed by atoms with E-state index in [-0.39, 0.29) is 0 Å². The molecule has 0 fully saturated rings. The van der Waals surface area contributed by atoms with Crippen molar-refractivity contribution in [1.82, 2.24) is 0 Å². The molecule has 2 aromatic carbocycles. The van der Waals surface area contributed by atoms with Gasteiger partial charge in [0.25, 0.3) is 0 Å². The first-order chi connectivity index (χ1) is 11.1. The predicted octanol–water partition coefficient (Wildman–Crippen LogP) is 3.17. The molecule has 0 unspecified atom stereocenters. The third kappa shape index (κ3) is 3.97. The molecule has 24 heavy (non-hydrogen) atoms. The maximum atomic E-state index is 12.5. The predicted molar refractivity (Wildman–Crippen MR) is 68.3 cm³/mol. The number of carboxylic acids is 2. The van der Waals surface area contributed by atoms with E-state index in [0.717, 1.165) is 6.07 Å². The molecular formula is C14H7F5O5. The highest BCUT2D eigenvalue weighted by Gasteiger charge is 2.17. The van der Waals surface area contributed by atoms with E-state index in [9.17, 15) is 31.5 Å². The van der Waals surface area contributed by atoms with Gasteiger partial charge in [0.05, 0.1) is 5.56 Å². The number of phenols is 1. The van der Waals surface area contributed by atoms with E-state index in [1.54, 1.807) is 0 Å². The second kappa shape index (κ2) is 7.40. The molecule has 0 heterocycles. The summed E-state index contributed by atoms with van der Waals surface area (Å²) in [6.07, 6.45) is 0. The first-order valence-corrected chi connectivity index (χ1v) is 5.85. The lowest BCUT2D eigenvalue weighted by atomic mass is 10.2. The maximum absolute atomic E-state index is 12.5. The number of halogens is 5. The molecule has 0 saturated carbocycles. The molecule has 0 aliphatic rings. The van der Waals surface area contributed by atoms with Crippen LogP contribution >= 0.6 is 0 Å². The number of carboxylic acid groups (broad SMARTS) is 2. The van der Waals surface area contributed by atoms with Crippen LogP contribution in [-0.2, 0) is 0 Å². The molecule has 2 aromatic rings. The number of aromatic carboxylic acids is 2. The fraction of sp³-hybridized carbons (Fsp3) is 0. The summed E-state index contributed by atoms with van der Waals surface area (Å²) >= 11 is 0. The summed E-state index contributed by atoms with van der Waals surface area (Å²) < 4.78 is 61.8. The van der Waals surface area contributed by atoms with Crippen LogP contribution in [0.15, 0.2) is 24.3 Å². The Morgan fingerprint density at radius 1 is 0.667 bits per heavy atom. The molecule has 3 N–H and O–H groups in total. The van der Waals surface area contributed by atoms with E-state index < -0.39 is 57.9 Å². The molecule has 10 heteroatoms. The van der Waals surface area contributed by atoms with Crippen molar-refractivity contribution in [2.45, 2.75) is 0 Å². The zero-order valence-electron chi connectivity index (χ0n) is 11.4. The van der Waals surface area contributed by atoms with Gasteiger partial charge in [-0.1, -0.05) is 0 Å². The average molecular weight is 350 g/mol. The lowest BCUT2D eigenvalue weighted by Gasteiger charge is -1.99. The quantitative estimate of drug-likeness (QED) is 0.571. The van der Waals surface area contributed by atoms with Crippen molar-refractivity contribution in [3.05, 3.63) is 64.5 Å². The summed E-state index contributed by atoms with van der Waals surface area (Å²) in [6.45, 7) is 0. The maximum Gasteiger partial charge on any atom is 0.339 e. The van der Waals surface area contributed by atoms with E-state index in [1.807, 2.05) is 0 Å². The van der Waals surface area contributed by atoms with Gasteiger partial charge in [-0.3, -0.25) is 0 Å². The zero-order valence-corrected chi connectivity index (χ0v) is 11.4. The molecule has 0 saturated heterocycles. The van der Waals surface area contributed by atoms with E-state index in [1.165, 1.54) is 0 Å². The van der Waals surface area contributed by atoms with Crippen LogP contribution in [0.1, 0.15) is 20.7 Å². The standard InChI is InChI=1S/C7H3F3O2.C7H4F2O3/c8-4-2-1-3(7(11)12)5(9)6(4)10;8-4-2-1-3(7(11)12)6(10)5(4)9/h1-2H,(H,11,12);1-2,10H,(H,11,12). The molecular weight excluding hydrogens is 343 g/mol. The van der Waals surface area contributed by atoms with E-state index >= 15 is 0 Å². The van der Waals surface area contributed by atoms with Crippen molar-refractivity contribution in [2.75, 3.05) is 0 Å². The molecule has 0 aromatic heterocycles. The van der Waals surface area contributed by atoms with Gasteiger partial charge in [-0.2, -0.15) is 4.39 Å². The number of aromatic hydroxyl groups is 1. The minimum atomic E-state index is -1.77. The lowest BCUT2D eigenvalue weighted by molar-refractivity contribution is 0.0680. The smallest absolute Gasteiger partial charge is 0.339 e. The van der Waals surface area contributed by atoms with Gasteiger partial charge < -0.3 is 15.3 Å². The van der Waals surface area contributed by atoms with Crippen molar-refractivity contribution < 1.29 is 46.9 Å². The Hall–Kier alpha value is -3.17. The minimum absolute atomic E-state index is 0.557. The molecule has 0 aliphatic heterocycles. The van der Waals surface area contributed by atoms with E-state index in [4.69, 9.17) is 15.3 Å². The highest BCUT2D eigenvalue weighted by atomic mass is 19.2. The molecule has 0 amide bonds. The van der Waals surface area contributed by atoms with Crippen LogP contribution in [0.4, 0.5) is 22.0 Å². The summed E-state index contributed by atoms with van der Waals surface area (Å²) in [5.41, 5.74) is -1.54. The van der Waals surface area contributed by atoms with Gasteiger partial charge in [0.15, 0.2) is 29.0 Å². The van der Waals surface area contributed by atoms with Gasteiger partial charge in [0, 0.05) is 0 Å². The Balaban J connectivity index is 0.000000240. The van der Waals surface area contributed by atoms with Gasteiger partial charge in [0.1, 0.15) is 5.56 Å². The van der Waals surface area contributed by atoms with Crippen molar-refractivity contribution in [2.24, 2.45) is 0 Å². The fourth-order valence-electron chi connectivity index (χ4n) is 1.40. The van der Waals surface area contributed by atoms with Crippen LogP contribution in [0, 0.1) is 29.1 Å². The third-order valence-corrected chi connectivity index (χ3v) is 2.57. The molecule has 5 nitrogen and oxygen atoms in total. The molecule has 0 spiro atoms. The summed E-state index contributed by atoms with van der Waals surface area (Å²) in [6, 6.07) is 2.65. The average Bonchev–Trinajstić information content (AvgIpc) is 2.50. The van der Waals surface area contributed by atoms with Crippen molar-refractivity contribution in [3.8, 4) is 5.75 Å². The first kappa shape index (κ1) is 18.9. The number of benzene rings is 2. The summed E-state index contributed by atoms with van der Waals surface area (Å²) in [5, 5.41) is 25.3. The number of carbonyl (C=O) groups is 2. The highest BCUT2D eigenvalue weighted by Crippen LogP contribution is 2.23. The Morgan fingerprint density at radius 3 is 1.54 bits per heavy atom.